The lowest BCUT2D eigenvalue weighted by Crippen LogP contribution is -2.25. The molecule has 0 atom stereocenters. The number of carbonyl (C=O) groups is 1. The van der Waals surface area contributed by atoms with Crippen molar-refractivity contribution in [3.8, 4) is 0 Å². The molecule has 0 saturated heterocycles. The van der Waals surface area contributed by atoms with Gasteiger partial charge in [0.1, 0.15) is 0 Å². The molecule has 2 aromatic rings. The summed E-state index contributed by atoms with van der Waals surface area (Å²) in [5, 5.41) is 3.22. The van der Waals surface area contributed by atoms with E-state index in [1.54, 1.807) is 13.0 Å². The number of rotatable bonds is 5. The van der Waals surface area contributed by atoms with E-state index < -0.39 is 10.0 Å². The predicted octanol–water partition coefficient (Wildman–Crippen LogP) is 3.65. The molecular formula is C18H19ClN2O3S. The number of nitrogens with one attached hydrogen (secondary N) is 2. The third-order valence-corrected chi connectivity index (χ3v) is 5.67. The standard InChI is InChI=1S/C18H19ClN2O3S/c1-11-9-12(2)17(16(19)10-11)21-25(23,24)15-7-3-13(4-8-15)18(22)20-14-5-6-14/h3-4,7-10,14,21H,5-6H2,1-2H3,(H,20,22). The predicted molar refractivity (Wildman–Crippen MR) is 98.7 cm³/mol. The fourth-order valence-electron chi connectivity index (χ4n) is 2.52. The summed E-state index contributed by atoms with van der Waals surface area (Å²) in [7, 11) is -3.79. The summed E-state index contributed by atoms with van der Waals surface area (Å²) < 4.78 is 27.7. The first kappa shape index (κ1) is 17.8. The summed E-state index contributed by atoms with van der Waals surface area (Å²) >= 11 is 6.17. The Hall–Kier alpha value is -2.05. The van der Waals surface area contributed by atoms with Gasteiger partial charge in [-0.1, -0.05) is 17.7 Å². The summed E-state index contributed by atoms with van der Waals surface area (Å²) in [5.74, 6) is -0.183. The molecule has 7 heteroatoms. The van der Waals surface area contributed by atoms with Crippen LogP contribution < -0.4 is 10.0 Å². The second kappa shape index (κ2) is 6.69. The SMILES string of the molecule is Cc1cc(C)c(NS(=O)(=O)c2ccc(C(=O)NC3CC3)cc2)c(Cl)c1. The van der Waals surface area contributed by atoms with Crippen molar-refractivity contribution in [3.63, 3.8) is 0 Å². The highest BCUT2D eigenvalue weighted by Gasteiger charge is 2.24. The van der Waals surface area contributed by atoms with Crippen molar-refractivity contribution >= 4 is 33.2 Å². The summed E-state index contributed by atoms with van der Waals surface area (Å²) in [4.78, 5) is 12.1. The van der Waals surface area contributed by atoms with Crippen LogP contribution in [0, 0.1) is 13.8 Å². The van der Waals surface area contributed by atoms with Crippen LogP contribution in [0.4, 0.5) is 5.69 Å². The molecule has 1 amide bonds. The minimum absolute atomic E-state index is 0.0755. The van der Waals surface area contributed by atoms with E-state index in [0.717, 1.165) is 24.0 Å². The van der Waals surface area contributed by atoms with Gasteiger partial charge in [-0.3, -0.25) is 9.52 Å². The number of halogens is 1. The molecule has 0 aliphatic heterocycles. The van der Waals surface area contributed by atoms with E-state index in [-0.39, 0.29) is 16.8 Å². The van der Waals surface area contributed by atoms with Crippen LogP contribution in [0.5, 0.6) is 0 Å². The van der Waals surface area contributed by atoms with Gasteiger partial charge in [-0.25, -0.2) is 8.42 Å². The molecule has 1 aliphatic rings. The molecule has 0 aromatic heterocycles. The summed E-state index contributed by atoms with van der Waals surface area (Å²) in [6.07, 6.45) is 2.00. The van der Waals surface area contributed by atoms with Crippen molar-refractivity contribution in [1.29, 1.82) is 0 Å². The van der Waals surface area contributed by atoms with Gasteiger partial charge in [-0.05, 0) is 68.1 Å². The second-order valence-electron chi connectivity index (χ2n) is 6.32. The van der Waals surface area contributed by atoms with Crippen LogP contribution in [-0.2, 0) is 10.0 Å². The molecule has 25 heavy (non-hydrogen) atoms. The second-order valence-corrected chi connectivity index (χ2v) is 8.41. The van der Waals surface area contributed by atoms with Crippen LogP contribution in [-0.4, -0.2) is 20.4 Å². The van der Waals surface area contributed by atoms with Gasteiger partial charge in [0.05, 0.1) is 15.6 Å². The van der Waals surface area contributed by atoms with Crippen molar-refractivity contribution in [2.75, 3.05) is 4.72 Å². The topological polar surface area (TPSA) is 75.3 Å². The average Bonchev–Trinajstić information content (AvgIpc) is 3.35. The number of amides is 1. The highest BCUT2D eigenvalue weighted by molar-refractivity contribution is 7.92. The first-order chi connectivity index (χ1) is 11.8. The van der Waals surface area contributed by atoms with E-state index in [4.69, 9.17) is 11.6 Å². The van der Waals surface area contributed by atoms with Gasteiger partial charge in [0.2, 0.25) is 0 Å². The van der Waals surface area contributed by atoms with Crippen LogP contribution in [0.1, 0.15) is 34.3 Å². The highest BCUT2D eigenvalue weighted by atomic mass is 35.5. The maximum atomic E-state index is 12.6. The molecule has 3 rings (SSSR count). The Labute approximate surface area is 152 Å². The quantitative estimate of drug-likeness (QED) is 0.833. The van der Waals surface area contributed by atoms with Crippen molar-refractivity contribution in [2.45, 2.75) is 37.6 Å². The Morgan fingerprint density at radius 2 is 1.76 bits per heavy atom. The number of benzene rings is 2. The van der Waals surface area contributed by atoms with E-state index in [0.29, 0.717) is 16.3 Å². The molecule has 5 nitrogen and oxygen atoms in total. The monoisotopic (exact) mass is 378 g/mol. The lowest BCUT2D eigenvalue weighted by molar-refractivity contribution is 0.0951. The first-order valence-corrected chi connectivity index (χ1v) is 9.83. The number of hydrogen-bond acceptors (Lipinski definition) is 3. The van der Waals surface area contributed by atoms with E-state index in [1.807, 2.05) is 13.0 Å². The normalized spacial score (nSPS) is 14.2. The van der Waals surface area contributed by atoms with Crippen molar-refractivity contribution < 1.29 is 13.2 Å². The third-order valence-electron chi connectivity index (χ3n) is 4.01. The van der Waals surface area contributed by atoms with Crippen molar-refractivity contribution in [2.24, 2.45) is 0 Å². The first-order valence-electron chi connectivity index (χ1n) is 7.97. The Morgan fingerprint density at radius 1 is 1.12 bits per heavy atom. The van der Waals surface area contributed by atoms with Gasteiger partial charge in [0.15, 0.2) is 0 Å². The van der Waals surface area contributed by atoms with Crippen LogP contribution in [0.15, 0.2) is 41.3 Å². The number of sulfonamides is 1. The third kappa shape index (κ3) is 4.14. The van der Waals surface area contributed by atoms with Gasteiger partial charge < -0.3 is 5.32 Å². The van der Waals surface area contributed by atoms with Crippen molar-refractivity contribution in [3.05, 3.63) is 58.1 Å². The molecule has 1 saturated carbocycles. The smallest absolute Gasteiger partial charge is 0.261 e. The molecule has 1 aliphatic carbocycles. The Kier molecular flexibility index (Phi) is 4.75. The average molecular weight is 379 g/mol. The maximum absolute atomic E-state index is 12.6. The fourth-order valence-corrected chi connectivity index (χ4v) is 4.10. The molecule has 132 valence electrons. The summed E-state index contributed by atoms with van der Waals surface area (Å²) in [6, 6.07) is 9.67. The van der Waals surface area contributed by atoms with E-state index >= 15 is 0 Å². The van der Waals surface area contributed by atoms with Gasteiger partial charge in [-0.2, -0.15) is 0 Å². The Balaban J connectivity index is 1.81. The lowest BCUT2D eigenvalue weighted by Gasteiger charge is -2.13. The number of aryl methyl sites for hydroxylation is 2. The zero-order valence-corrected chi connectivity index (χ0v) is 15.5. The maximum Gasteiger partial charge on any atom is 0.261 e. The highest BCUT2D eigenvalue weighted by Crippen LogP contribution is 2.29. The van der Waals surface area contributed by atoms with Crippen LogP contribution in [0.3, 0.4) is 0 Å². The molecule has 1 fully saturated rings. The number of anilines is 1. The zero-order chi connectivity index (χ0) is 18.2. The molecule has 0 spiro atoms. The zero-order valence-electron chi connectivity index (χ0n) is 14.0. The molecule has 0 heterocycles. The van der Waals surface area contributed by atoms with Crippen LogP contribution in [0.2, 0.25) is 5.02 Å². The number of carbonyl (C=O) groups excluding carboxylic acids is 1. The van der Waals surface area contributed by atoms with Gasteiger partial charge in [0.25, 0.3) is 15.9 Å². The minimum Gasteiger partial charge on any atom is -0.349 e. The minimum atomic E-state index is -3.79. The van der Waals surface area contributed by atoms with E-state index in [2.05, 4.69) is 10.0 Å². The molecule has 0 bridgehead atoms. The molecule has 2 aromatic carbocycles. The fraction of sp³-hybridized carbons (Fsp3) is 0.278. The van der Waals surface area contributed by atoms with Crippen molar-refractivity contribution in [1.82, 2.24) is 5.32 Å². The van der Waals surface area contributed by atoms with E-state index in [1.165, 1.54) is 24.3 Å². The van der Waals surface area contributed by atoms with Gasteiger partial charge in [0, 0.05) is 11.6 Å². The van der Waals surface area contributed by atoms with E-state index in [9.17, 15) is 13.2 Å². The molecule has 2 N–H and O–H groups in total. The molecular weight excluding hydrogens is 360 g/mol. The largest absolute Gasteiger partial charge is 0.349 e. The van der Waals surface area contributed by atoms with Crippen LogP contribution >= 0.6 is 11.6 Å². The van der Waals surface area contributed by atoms with Gasteiger partial charge >= 0.3 is 0 Å². The Morgan fingerprint density at radius 3 is 2.32 bits per heavy atom. The lowest BCUT2D eigenvalue weighted by atomic mass is 10.1. The molecule has 0 unspecified atom stereocenters. The molecule has 0 radical (unpaired) electrons. The number of hydrogen-bond donors (Lipinski definition) is 2. The van der Waals surface area contributed by atoms with Gasteiger partial charge in [-0.15, -0.1) is 0 Å². The van der Waals surface area contributed by atoms with Crippen LogP contribution in [0.25, 0.3) is 0 Å². The summed E-state index contributed by atoms with van der Waals surface area (Å²) in [6.45, 7) is 3.69. The Bertz CT molecular complexity index is 897. The summed E-state index contributed by atoms with van der Waals surface area (Å²) in [5.41, 5.74) is 2.50.